The molecule has 1 aliphatic heterocycles. The van der Waals surface area contributed by atoms with Crippen LogP contribution < -0.4 is 11.1 Å². The number of carbonyl (C=O) groups is 1. The molecule has 1 atom stereocenters. The molecule has 0 fully saturated rings. The first-order valence-electron chi connectivity index (χ1n) is 5.97. The van der Waals surface area contributed by atoms with Gasteiger partial charge in [-0.3, -0.25) is 4.79 Å². The highest BCUT2D eigenvalue weighted by molar-refractivity contribution is 8.01. The molecular weight excluding hydrogens is 264 g/mol. The number of thiocarbonyl (C=S) groups is 1. The maximum Gasteiger partial charge on any atom is 0.233 e. The van der Waals surface area contributed by atoms with Crippen molar-refractivity contribution in [1.29, 1.82) is 0 Å². The fourth-order valence-electron chi connectivity index (χ4n) is 1.92. The minimum absolute atomic E-state index is 0.00669. The maximum absolute atomic E-state index is 12.0. The van der Waals surface area contributed by atoms with Gasteiger partial charge < -0.3 is 11.1 Å². The Morgan fingerprint density at radius 1 is 1.50 bits per heavy atom. The average Bonchev–Trinajstić information content (AvgIpc) is 2.78. The fraction of sp³-hybridized carbons (Fsp3) is 0.385. The van der Waals surface area contributed by atoms with Gasteiger partial charge in [0, 0.05) is 11.4 Å². The van der Waals surface area contributed by atoms with Crippen molar-refractivity contribution in [2.75, 3.05) is 6.54 Å². The Hall–Kier alpha value is -1.07. The molecule has 0 radical (unpaired) electrons. The molecule has 3 N–H and O–H groups in total. The Labute approximate surface area is 117 Å². The highest BCUT2D eigenvalue weighted by atomic mass is 32.2. The Bertz CT molecular complexity index is 437. The van der Waals surface area contributed by atoms with Crippen molar-refractivity contribution in [2.24, 2.45) is 5.73 Å². The van der Waals surface area contributed by atoms with Gasteiger partial charge in [-0.1, -0.05) is 30.4 Å². The average molecular weight is 280 g/mol. The molecule has 1 aromatic carbocycles. The number of fused-ring (bicyclic) bond motifs is 1. The van der Waals surface area contributed by atoms with Crippen LogP contribution in [0.5, 0.6) is 0 Å². The number of thioether (sulfide) groups is 1. The number of carbonyl (C=O) groups excluding carboxylic acids is 1. The molecule has 3 nitrogen and oxygen atoms in total. The Morgan fingerprint density at radius 3 is 3.00 bits per heavy atom. The van der Waals surface area contributed by atoms with Crippen LogP contribution in [-0.2, 0) is 11.2 Å². The minimum Gasteiger partial charge on any atom is -0.393 e. The quantitative estimate of drug-likeness (QED) is 0.639. The SMILES string of the molecule is NC(=S)CCCNC(=O)C1Cc2ccccc2S1. The molecule has 0 aromatic heterocycles. The van der Waals surface area contributed by atoms with E-state index >= 15 is 0 Å². The van der Waals surface area contributed by atoms with E-state index in [9.17, 15) is 4.79 Å². The van der Waals surface area contributed by atoms with E-state index in [1.165, 1.54) is 10.5 Å². The van der Waals surface area contributed by atoms with Crippen LogP contribution in [-0.4, -0.2) is 22.7 Å². The summed E-state index contributed by atoms with van der Waals surface area (Å²) in [6.07, 6.45) is 2.32. The van der Waals surface area contributed by atoms with Crippen molar-refractivity contribution >= 4 is 34.9 Å². The largest absolute Gasteiger partial charge is 0.393 e. The van der Waals surface area contributed by atoms with Gasteiger partial charge in [0.25, 0.3) is 0 Å². The van der Waals surface area contributed by atoms with Crippen LogP contribution in [0.1, 0.15) is 18.4 Å². The molecule has 0 aliphatic carbocycles. The van der Waals surface area contributed by atoms with Gasteiger partial charge in [-0.25, -0.2) is 0 Å². The Morgan fingerprint density at radius 2 is 2.28 bits per heavy atom. The number of rotatable bonds is 5. The van der Waals surface area contributed by atoms with Gasteiger partial charge in [0.1, 0.15) is 0 Å². The second-order valence-corrected chi connectivity index (χ2v) is 6.05. The second-order valence-electron chi connectivity index (χ2n) is 4.28. The summed E-state index contributed by atoms with van der Waals surface area (Å²) < 4.78 is 0. The van der Waals surface area contributed by atoms with Gasteiger partial charge in [0.05, 0.1) is 10.2 Å². The topological polar surface area (TPSA) is 55.1 Å². The molecule has 1 aromatic rings. The summed E-state index contributed by atoms with van der Waals surface area (Å²) in [4.78, 5) is 13.7. The van der Waals surface area contributed by atoms with Crippen molar-refractivity contribution in [3.63, 3.8) is 0 Å². The molecule has 96 valence electrons. The highest BCUT2D eigenvalue weighted by Crippen LogP contribution is 2.36. The lowest BCUT2D eigenvalue weighted by Gasteiger charge is -2.09. The number of nitrogens with one attached hydrogen (secondary N) is 1. The molecule has 5 heteroatoms. The van der Waals surface area contributed by atoms with Crippen molar-refractivity contribution in [1.82, 2.24) is 5.32 Å². The lowest BCUT2D eigenvalue weighted by atomic mass is 10.1. The summed E-state index contributed by atoms with van der Waals surface area (Å²) in [6, 6.07) is 8.18. The van der Waals surface area contributed by atoms with E-state index in [2.05, 4.69) is 17.4 Å². The number of hydrogen-bond acceptors (Lipinski definition) is 3. The number of benzene rings is 1. The minimum atomic E-state index is 0.00669. The van der Waals surface area contributed by atoms with Crippen molar-refractivity contribution in [2.45, 2.75) is 29.4 Å². The van der Waals surface area contributed by atoms with Crippen LogP contribution in [0, 0.1) is 0 Å². The Balaban J connectivity index is 1.77. The normalized spacial score (nSPS) is 17.2. The fourth-order valence-corrected chi connectivity index (χ4v) is 3.28. The standard InChI is InChI=1S/C13H16N2OS2/c14-12(17)6-3-7-15-13(16)11-8-9-4-1-2-5-10(9)18-11/h1-2,4-5,11H,3,6-8H2,(H2,14,17)(H,15,16). The number of hydrogen-bond donors (Lipinski definition) is 2. The first kappa shape index (κ1) is 13.4. The van der Waals surface area contributed by atoms with Crippen LogP contribution in [0.15, 0.2) is 29.2 Å². The molecule has 0 bridgehead atoms. The summed E-state index contributed by atoms with van der Waals surface area (Å²) in [5, 5.41) is 2.95. The molecule has 1 aliphatic rings. The van der Waals surface area contributed by atoms with Gasteiger partial charge in [0.2, 0.25) is 5.91 Å². The molecule has 1 unspecified atom stereocenters. The third-order valence-electron chi connectivity index (χ3n) is 2.84. The van der Waals surface area contributed by atoms with E-state index < -0.39 is 0 Å². The predicted molar refractivity (Wildman–Crippen MR) is 78.8 cm³/mol. The zero-order valence-electron chi connectivity index (χ0n) is 10.0. The van der Waals surface area contributed by atoms with Crippen molar-refractivity contribution < 1.29 is 4.79 Å². The highest BCUT2D eigenvalue weighted by Gasteiger charge is 2.27. The monoisotopic (exact) mass is 280 g/mol. The van der Waals surface area contributed by atoms with E-state index in [-0.39, 0.29) is 11.2 Å². The van der Waals surface area contributed by atoms with Crippen LogP contribution in [0.25, 0.3) is 0 Å². The third kappa shape index (κ3) is 3.46. The molecule has 0 spiro atoms. The van der Waals surface area contributed by atoms with Crippen LogP contribution in [0.2, 0.25) is 0 Å². The molecule has 18 heavy (non-hydrogen) atoms. The summed E-state index contributed by atoms with van der Waals surface area (Å²) >= 11 is 6.44. The van der Waals surface area contributed by atoms with E-state index in [0.29, 0.717) is 18.0 Å². The van der Waals surface area contributed by atoms with E-state index in [1.54, 1.807) is 11.8 Å². The van der Waals surface area contributed by atoms with Gasteiger partial charge >= 0.3 is 0 Å². The van der Waals surface area contributed by atoms with Gasteiger partial charge in [-0.05, 0) is 30.9 Å². The molecule has 2 rings (SSSR count). The first-order valence-corrected chi connectivity index (χ1v) is 7.26. The summed E-state index contributed by atoms with van der Waals surface area (Å²) in [5.41, 5.74) is 6.67. The summed E-state index contributed by atoms with van der Waals surface area (Å²) in [5.74, 6) is 0.110. The zero-order valence-corrected chi connectivity index (χ0v) is 11.7. The number of amides is 1. The van der Waals surface area contributed by atoms with Crippen LogP contribution in [0.3, 0.4) is 0 Å². The molecule has 1 amide bonds. The Kier molecular flexibility index (Phi) is 4.60. The second kappa shape index (κ2) is 6.20. The third-order valence-corrected chi connectivity index (χ3v) is 4.36. The first-order chi connectivity index (χ1) is 8.66. The smallest absolute Gasteiger partial charge is 0.233 e. The van der Waals surface area contributed by atoms with Gasteiger partial charge in [-0.15, -0.1) is 11.8 Å². The number of nitrogens with two attached hydrogens (primary N) is 1. The zero-order chi connectivity index (χ0) is 13.0. The predicted octanol–water partition coefficient (Wildman–Crippen LogP) is 1.89. The lowest BCUT2D eigenvalue weighted by molar-refractivity contribution is -0.120. The van der Waals surface area contributed by atoms with E-state index in [1.807, 2.05) is 12.1 Å². The molecule has 0 saturated heterocycles. The van der Waals surface area contributed by atoms with Crippen molar-refractivity contribution in [3.05, 3.63) is 29.8 Å². The van der Waals surface area contributed by atoms with Gasteiger partial charge in [-0.2, -0.15) is 0 Å². The van der Waals surface area contributed by atoms with Gasteiger partial charge in [0.15, 0.2) is 0 Å². The summed E-state index contributed by atoms with van der Waals surface area (Å²) in [7, 11) is 0. The summed E-state index contributed by atoms with van der Waals surface area (Å²) in [6.45, 7) is 0.642. The molecular formula is C13H16N2OS2. The maximum atomic E-state index is 12.0. The molecule has 0 saturated carbocycles. The van der Waals surface area contributed by atoms with Crippen LogP contribution in [0.4, 0.5) is 0 Å². The lowest BCUT2D eigenvalue weighted by Crippen LogP contribution is -2.33. The van der Waals surface area contributed by atoms with E-state index in [0.717, 1.165) is 12.8 Å². The van der Waals surface area contributed by atoms with Crippen molar-refractivity contribution in [3.8, 4) is 0 Å². The van der Waals surface area contributed by atoms with Crippen LogP contribution >= 0.6 is 24.0 Å². The van der Waals surface area contributed by atoms with E-state index in [4.69, 9.17) is 18.0 Å². The molecule has 1 heterocycles.